The molecular weight excluding hydrogens is 617 g/mol. The van der Waals surface area contributed by atoms with Gasteiger partial charge >= 0.3 is 0 Å². The normalized spacial score (nSPS) is 13.7. The van der Waals surface area contributed by atoms with E-state index in [-0.39, 0.29) is 17.5 Å². The first-order valence-electron chi connectivity index (χ1n) is 18.4. The molecule has 1 aliphatic rings. The van der Waals surface area contributed by atoms with Crippen molar-refractivity contribution in [1.29, 1.82) is 0 Å². The van der Waals surface area contributed by atoms with E-state index in [4.69, 9.17) is 4.98 Å². The van der Waals surface area contributed by atoms with Crippen LogP contribution in [-0.4, -0.2) is 20.7 Å². The van der Waals surface area contributed by atoms with Crippen LogP contribution in [0.1, 0.15) is 63.8 Å². The van der Waals surface area contributed by atoms with Crippen molar-refractivity contribution in [2.75, 3.05) is 0 Å². The van der Waals surface area contributed by atoms with Crippen LogP contribution in [0.25, 0.3) is 49.8 Å². The molecule has 0 saturated carbocycles. The molecule has 0 saturated heterocycles. The highest BCUT2D eigenvalue weighted by atomic mass is 15.2. The van der Waals surface area contributed by atoms with Gasteiger partial charge in [0, 0.05) is 5.39 Å². The highest BCUT2D eigenvalue weighted by molar-refractivity contribution is 7.02. The largest absolute Gasteiger partial charge is 0.280 e. The fourth-order valence-electron chi connectivity index (χ4n) is 8.59. The highest BCUT2D eigenvalue weighted by Crippen LogP contribution is 2.42. The maximum atomic E-state index is 5.65. The van der Waals surface area contributed by atoms with Gasteiger partial charge in [0.15, 0.2) is 0 Å². The van der Waals surface area contributed by atoms with Gasteiger partial charge in [-0.15, -0.1) is 0 Å². The SMILES string of the molecule is CC(C)(C)Cc1cc2nc3n4c5c(ccc6cccc(c65)n3c2cc1CC(C)(C)C)B(c1ccccc1)C(c1ccccc1)=C4c1ccccc1. The van der Waals surface area contributed by atoms with E-state index in [1.807, 2.05) is 0 Å². The van der Waals surface area contributed by atoms with Crippen molar-refractivity contribution in [2.24, 2.45) is 10.8 Å². The van der Waals surface area contributed by atoms with Crippen LogP contribution in [0.4, 0.5) is 0 Å². The van der Waals surface area contributed by atoms with Crippen LogP contribution in [-0.2, 0) is 12.8 Å². The van der Waals surface area contributed by atoms with E-state index >= 15 is 0 Å². The molecule has 0 fully saturated rings. The second kappa shape index (κ2) is 11.6. The van der Waals surface area contributed by atoms with Crippen LogP contribution in [0, 0.1) is 10.8 Å². The van der Waals surface area contributed by atoms with Gasteiger partial charge in [-0.05, 0) is 80.4 Å². The molecule has 0 amide bonds. The molecular formula is C47H44BN3. The van der Waals surface area contributed by atoms with Crippen LogP contribution in [0.2, 0.25) is 0 Å². The summed E-state index contributed by atoms with van der Waals surface area (Å²) in [5.74, 6) is 0.950. The Morgan fingerprint density at radius 3 is 1.84 bits per heavy atom. The first-order valence-corrected chi connectivity index (χ1v) is 18.4. The number of imidazole rings is 1. The Bertz CT molecular complexity index is 2630. The molecule has 9 rings (SSSR count). The minimum Gasteiger partial charge on any atom is -0.280 e. The fraction of sp³-hybridized carbons (Fsp3) is 0.213. The van der Waals surface area contributed by atoms with Crippen LogP contribution in [0.15, 0.2) is 133 Å². The predicted molar refractivity (Wildman–Crippen MR) is 219 cm³/mol. The summed E-state index contributed by atoms with van der Waals surface area (Å²) in [6, 6.07) is 49.4. The van der Waals surface area contributed by atoms with Crippen molar-refractivity contribution in [3.05, 3.63) is 156 Å². The van der Waals surface area contributed by atoms with Crippen LogP contribution in [0.5, 0.6) is 0 Å². The van der Waals surface area contributed by atoms with Crippen LogP contribution < -0.4 is 10.9 Å². The van der Waals surface area contributed by atoms with Crippen molar-refractivity contribution in [1.82, 2.24) is 14.0 Å². The lowest BCUT2D eigenvalue weighted by Gasteiger charge is -2.33. The highest BCUT2D eigenvalue weighted by Gasteiger charge is 2.37. The Kier molecular flexibility index (Phi) is 7.19. The lowest BCUT2D eigenvalue weighted by atomic mass is 9.33. The molecule has 2 aromatic heterocycles. The number of benzene rings is 6. The Morgan fingerprint density at radius 1 is 0.588 bits per heavy atom. The second-order valence-corrected chi connectivity index (χ2v) is 16.9. The zero-order valence-corrected chi connectivity index (χ0v) is 30.5. The summed E-state index contributed by atoms with van der Waals surface area (Å²) < 4.78 is 4.96. The summed E-state index contributed by atoms with van der Waals surface area (Å²) in [4.78, 5) is 5.65. The molecule has 0 radical (unpaired) electrons. The van der Waals surface area contributed by atoms with Gasteiger partial charge in [0.1, 0.15) is 0 Å². The molecule has 3 nitrogen and oxygen atoms in total. The van der Waals surface area contributed by atoms with E-state index in [1.165, 1.54) is 71.7 Å². The predicted octanol–water partition coefficient (Wildman–Crippen LogP) is 10.4. The van der Waals surface area contributed by atoms with Gasteiger partial charge in [0.05, 0.1) is 27.8 Å². The van der Waals surface area contributed by atoms with E-state index in [2.05, 4.69) is 184 Å². The van der Waals surface area contributed by atoms with Gasteiger partial charge in [-0.3, -0.25) is 8.97 Å². The number of rotatable bonds is 5. The third-order valence-corrected chi connectivity index (χ3v) is 10.4. The van der Waals surface area contributed by atoms with Gasteiger partial charge in [-0.25, -0.2) is 4.98 Å². The molecule has 0 aliphatic carbocycles. The number of nitrogens with zero attached hydrogens (tertiary/aromatic N) is 3. The molecule has 51 heavy (non-hydrogen) atoms. The van der Waals surface area contributed by atoms with Gasteiger partial charge in [-0.2, -0.15) is 0 Å². The van der Waals surface area contributed by atoms with Crippen molar-refractivity contribution in [3.8, 4) is 0 Å². The molecule has 0 spiro atoms. The Hall–Kier alpha value is -5.35. The second-order valence-electron chi connectivity index (χ2n) is 16.9. The van der Waals surface area contributed by atoms with E-state index < -0.39 is 0 Å². The monoisotopic (exact) mass is 661 g/mol. The average molecular weight is 662 g/mol. The molecule has 0 atom stereocenters. The van der Waals surface area contributed by atoms with Gasteiger partial charge in [-0.1, -0.05) is 162 Å². The molecule has 4 heteroatoms. The van der Waals surface area contributed by atoms with Gasteiger partial charge < -0.3 is 0 Å². The molecule has 250 valence electrons. The minimum absolute atomic E-state index is 0.0280. The number of fused-ring (bicyclic) bond motifs is 5. The zero-order valence-electron chi connectivity index (χ0n) is 30.5. The topological polar surface area (TPSA) is 22.2 Å². The van der Waals surface area contributed by atoms with E-state index in [0.717, 1.165) is 24.1 Å². The maximum absolute atomic E-state index is 5.65. The van der Waals surface area contributed by atoms with Gasteiger partial charge in [0.25, 0.3) is 0 Å². The lowest BCUT2D eigenvalue weighted by molar-refractivity contribution is 0.392. The third-order valence-electron chi connectivity index (χ3n) is 10.4. The summed E-state index contributed by atoms with van der Waals surface area (Å²) in [6.07, 6.45) is 2.02. The standard InChI is InChI=1S/C47H44BN3/c1-46(2,3)29-34-27-38-40(28-35(34)30-47(4,5)6)50-39-24-16-21-31-25-26-37-44(41(31)39)51(45(50)49-38)43(33-19-12-8-13-20-33)42(32-17-10-7-11-18-32)48(37)36-22-14-9-15-23-36/h7-28H,29-30H2,1-6H3. The van der Waals surface area contributed by atoms with E-state index in [1.54, 1.807) is 0 Å². The van der Waals surface area contributed by atoms with E-state index in [0.29, 0.717) is 0 Å². The molecule has 6 aromatic carbocycles. The molecule has 0 N–H and O–H groups in total. The van der Waals surface area contributed by atoms with Crippen LogP contribution >= 0.6 is 0 Å². The smallest absolute Gasteiger partial charge is 0.247 e. The van der Waals surface area contributed by atoms with Crippen molar-refractivity contribution in [2.45, 2.75) is 54.4 Å². The average Bonchev–Trinajstić information content (AvgIpc) is 3.48. The fourth-order valence-corrected chi connectivity index (χ4v) is 8.59. The Labute approximate surface area is 301 Å². The first kappa shape index (κ1) is 31.6. The summed E-state index contributed by atoms with van der Waals surface area (Å²) in [6.45, 7) is 14.1. The Balaban J connectivity index is 1.51. The number of hydrogen-bond acceptors (Lipinski definition) is 1. The lowest BCUT2D eigenvalue weighted by Crippen LogP contribution is -2.47. The third kappa shape index (κ3) is 5.31. The number of hydrogen-bond donors (Lipinski definition) is 0. The summed E-state index contributed by atoms with van der Waals surface area (Å²) in [5.41, 5.74) is 15.3. The summed E-state index contributed by atoms with van der Waals surface area (Å²) in [5, 5.41) is 2.52. The molecule has 1 aliphatic heterocycles. The molecule has 0 unspecified atom stereocenters. The molecule has 8 aromatic rings. The number of aromatic nitrogens is 3. The summed E-state index contributed by atoms with van der Waals surface area (Å²) in [7, 11) is 0. The maximum Gasteiger partial charge on any atom is 0.247 e. The molecule has 0 bridgehead atoms. The van der Waals surface area contributed by atoms with Crippen molar-refractivity contribution >= 4 is 67.4 Å². The van der Waals surface area contributed by atoms with Crippen LogP contribution in [0.3, 0.4) is 0 Å². The van der Waals surface area contributed by atoms with E-state index in [9.17, 15) is 0 Å². The zero-order chi connectivity index (χ0) is 35.1. The quantitative estimate of drug-likeness (QED) is 0.168. The first-order chi connectivity index (χ1) is 24.6. The van der Waals surface area contributed by atoms with Crippen molar-refractivity contribution < 1.29 is 0 Å². The molecule has 3 heterocycles. The van der Waals surface area contributed by atoms with Gasteiger partial charge in [0.2, 0.25) is 12.5 Å². The summed E-state index contributed by atoms with van der Waals surface area (Å²) >= 11 is 0. The van der Waals surface area contributed by atoms with Crippen molar-refractivity contribution in [3.63, 3.8) is 0 Å². The minimum atomic E-state index is 0.0280. The Morgan fingerprint density at radius 2 is 1.20 bits per heavy atom.